The molecular weight excluding hydrogens is 346 g/mol. The summed E-state index contributed by atoms with van der Waals surface area (Å²) in [5.74, 6) is 0.0395. The van der Waals surface area contributed by atoms with Crippen molar-refractivity contribution in [1.82, 2.24) is 0 Å². The second-order valence-corrected chi connectivity index (χ2v) is 5.92. The van der Waals surface area contributed by atoms with E-state index in [1.165, 1.54) is 19.2 Å². The predicted octanol–water partition coefficient (Wildman–Crippen LogP) is 3.29. The summed E-state index contributed by atoms with van der Waals surface area (Å²) in [6.07, 6.45) is -1.38. The number of carbonyl (C=O) groups is 2. The number of amides is 1. The zero-order valence-corrected chi connectivity index (χ0v) is 14.4. The third-order valence-electron chi connectivity index (χ3n) is 3.75. The van der Waals surface area contributed by atoms with Crippen molar-refractivity contribution in [2.75, 3.05) is 12.4 Å². The van der Waals surface area contributed by atoms with E-state index in [4.69, 9.17) is 25.8 Å². The molecule has 0 saturated heterocycles. The van der Waals surface area contributed by atoms with E-state index in [0.717, 1.165) is 0 Å². The van der Waals surface area contributed by atoms with Gasteiger partial charge in [0.2, 0.25) is 6.10 Å². The number of hydrogen-bond donors (Lipinski definition) is 1. The Kier molecular flexibility index (Phi) is 4.81. The van der Waals surface area contributed by atoms with Gasteiger partial charge in [-0.2, -0.15) is 0 Å². The van der Waals surface area contributed by atoms with E-state index >= 15 is 0 Å². The molecule has 130 valence electrons. The fourth-order valence-corrected chi connectivity index (χ4v) is 2.69. The van der Waals surface area contributed by atoms with Crippen LogP contribution in [-0.4, -0.2) is 31.2 Å². The Morgan fingerprint density at radius 3 is 2.48 bits per heavy atom. The summed E-state index contributed by atoms with van der Waals surface area (Å²) in [5.41, 5.74) is 0.448. The highest BCUT2D eigenvalue weighted by atomic mass is 35.5. The van der Waals surface area contributed by atoms with Gasteiger partial charge in [-0.3, -0.25) is 4.79 Å². The first-order valence-electron chi connectivity index (χ1n) is 7.60. The molecular formula is C18H16ClNO5. The average molecular weight is 362 g/mol. The molecule has 3 rings (SSSR count). The van der Waals surface area contributed by atoms with Crippen molar-refractivity contribution < 1.29 is 23.8 Å². The highest BCUT2D eigenvalue weighted by Crippen LogP contribution is 2.34. The second-order valence-electron chi connectivity index (χ2n) is 5.48. The average Bonchev–Trinajstić information content (AvgIpc) is 2.60. The zero-order chi connectivity index (χ0) is 18.0. The molecule has 1 heterocycles. The summed E-state index contributed by atoms with van der Waals surface area (Å²) in [6, 6.07) is 11.6. The van der Waals surface area contributed by atoms with Crippen molar-refractivity contribution >= 4 is 29.2 Å². The molecule has 1 aliphatic heterocycles. The van der Waals surface area contributed by atoms with Crippen molar-refractivity contribution in [1.29, 1.82) is 0 Å². The first-order valence-corrected chi connectivity index (χ1v) is 7.98. The lowest BCUT2D eigenvalue weighted by Gasteiger charge is -2.31. The molecule has 2 aromatic carbocycles. The van der Waals surface area contributed by atoms with Crippen molar-refractivity contribution in [2.45, 2.75) is 19.1 Å². The molecule has 0 aromatic heterocycles. The minimum atomic E-state index is -0.876. The number of nitrogens with one attached hydrogen (secondary N) is 1. The Labute approximate surface area is 149 Å². The number of halogens is 1. The van der Waals surface area contributed by atoms with Crippen LogP contribution in [0.1, 0.15) is 17.3 Å². The van der Waals surface area contributed by atoms with Crippen LogP contribution in [0.2, 0.25) is 5.02 Å². The van der Waals surface area contributed by atoms with Gasteiger partial charge in [0.25, 0.3) is 5.91 Å². The molecule has 2 atom stereocenters. The summed E-state index contributed by atoms with van der Waals surface area (Å²) in [4.78, 5) is 24.5. The molecule has 2 aromatic rings. The molecule has 0 spiro atoms. The van der Waals surface area contributed by atoms with Gasteiger partial charge in [0, 0.05) is 5.02 Å². The number of fused-ring (bicyclic) bond motifs is 1. The summed E-state index contributed by atoms with van der Waals surface area (Å²) < 4.78 is 16.2. The Hall–Kier alpha value is -2.73. The molecule has 0 saturated carbocycles. The number of methoxy groups -OCH3 is 1. The van der Waals surface area contributed by atoms with E-state index in [0.29, 0.717) is 16.5 Å². The Bertz CT molecular complexity index is 823. The lowest BCUT2D eigenvalue weighted by atomic mass is 10.1. The lowest BCUT2D eigenvalue weighted by Crippen LogP contribution is -2.46. The van der Waals surface area contributed by atoms with E-state index in [1.807, 2.05) is 6.07 Å². The normalized spacial score (nSPS) is 18.4. The van der Waals surface area contributed by atoms with Crippen LogP contribution in [0.15, 0.2) is 42.5 Å². The number of hydrogen-bond acceptors (Lipinski definition) is 5. The third-order valence-corrected chi connectivity index (χ3v) is 3.98. The van der Waals surface area contributed by atoms with Crippen LogP contribution >= 0.6 is 11.6 Å². The minimum Gasteiger partial charge on any atom is -0.482 e. The van der Waals surface area contributed by atoms with Gasteiger partial charge in [0.15, 0.2) is 11.5 Å². The van der Waals surface area contributed by atoms with Crippen molar-refractivity contribution in [3.05, 3.63) is 53.1 Å². The van der Waals surface area contributed by atoms with Crippen LogP contribution in [0.25, 0.3) is 0 Å². The van der Waals surface area contributed by atoms with Crippen molar-refractivity contribution in [3.63, 3.8) is 0 Å². The predicted molar refractivity (Wildman–Crippen MR) is 92.4 cm³/mol. The standard InChI is InChI=1S/C18H16ClNO5/c1-10-16(25-15-6-4-3-5-14(15)24-10)17(21)20-13-9-11(19)7-8-12(13)18(22)23-2/h3-10,16H,1-2H3,(H,20,21)/t10-,16-/m0/s1. The van der Waals surface area contributed by atoms with E-state index < -0.39 is 24.1 Å². The highest BCUT2D eigenvalue weighted by Gasteiger charge is 2.34. The summed E-state index contributed by atoms with van der Waals surface area (Å²) in [6.45, 7) is 1.74. The minimum absolute atomic E-state index is 0.199. The van der Waals surface area contributed by atoms with Crippen LogP contribution in [-0.2, 0) is 9.53 Å². The van der Waals surface area contributed by atoms with Gasteiger partial charge >= 0.3 is 5.97 Å². The number of benzene rings is 2. The third kappa shape index (κ3) is 3.53. The molecule has 0 bridgehead atoms. The second kappa shape index (κ2) is 7.03. The van der Waals surface area contributed by atoms with Crippen LogP contribution in [0.5, 0.6) is 11.5 Å². The Morgan fingerprint density at radius 2 is 1.80 bits per heavy atom. The van der Waals surface area contributed by atoms with Gasteiger partial charge < -0.3 is 19.5 Å². The van der Waals surface area contributed by atoms with Gasteiger partial charge in [0.1, 0.15) is 6.10 Å². The maximum atomic E-state index is 12.7. The fraction of sp³-hybridized carbons (Fsp3) is 0.222. The van der Waals surface area contributed by atoms with Crippen LogP contribution in [0.3, 0.4) is 0 Å². The van der Waals surface area contributed by atoms with Crippen LogP contribution < -0.4 is 14.8 Å². The zero-order valence-electron chi connectivity index (χ0n) is 13.6. The Balaban J connectivity index is 1.83. The molecule has 1 N–H and O–H groups in total. The maximum absolute atomic E-state index is 12.7. The number of carbonyl (C=O) groups excluding carboxylic acids is 2. The fourth-order valence-electron chi connectivity index (χ4n) is 2.52. The van der Waals surface area contributed by atoms with Gasteiger partial charge in [-0.05, 0) is 37.3 Å². The molecule has 0 aliphatic carbocycles. The Morgan fingerprint density at radius 1 is 1.12 bits per heavy atom. The molecule has 0 unspecified atom stereocenters. The maximum Gasteiger partial charge on any atom is 0.339 e. The topological polar surface area (TPSA) is 73.9 Å². The van der Waals surface area contributed by atoms with E-state index in [-0.39, 0.29) is 11.3 Å². The molecule has 1 aliphatic rings. The number of esters is 1. The number of ether oxygens (including phenoxy) is 3. The van der Waals surface area contributed by atoms with Crippen molar-refractivity contribution in [2.24, 2.45) is 0 Å². The molecule has 6 nitrogen and oxygen atoms in total. The smallest absolute Gasteiger partial charge is 0.339 e. The SMILES string of the molecule is COC(=O)c1ccc(Cl)cc1NC(=O)[C@H]1Oc2ccccc2O[C@H]1C. The first-order chi connectivity index (χ1) is 12.0. The van der Waals surface area contributed by atoms with Gasteiger partial charge in [-0.25, -0.2) is 4.79 Å². The van der Waals surface area contributed by atoms with E-state index in [9.17, 15) is 9.59 Å². The number of para-hydroxylation sites is 2. The quantitative estimate of drug-likeness (QED) is 0.849. The molecule has 0 fully saturated rings. The summed E-state index contributed by atoms with van der Waals surface area (Å²) in [7, 11) is 1.26. The molecule has 1 amide bonds. The van der Waals surface area contributed by atoms with E-state index in [2.05, 4.69) is 5.32 Å². The molecule has 25 heavy (non-hydrogen) atoms. The molecule has 7 heteroatoms. The van der Waals surface area contributed by atoms with Crippen molar-refractivity contribution in [3.8, 4) is 11.5 Å². The lowest BCUT2D eigenvalue weighted by molar-refractivity contribution is -0.128. The highest BCUT2D eigenvalue weighted by molar-refractivity contribution is 6.31. The molecule has 0 radical (unpaired) electrons. The first kappa shape index (κ1) is 17.1. The van der Waals surface area contributed by atoms with Crippen LogP contribution in [0.4, 0.5) is 5.69 Å². The number of anilines is 1. The van der Waals surface area contributed by atoms with Gasteiger partial charge in [-0.1, -0.05) is 23.7 Å². The monoisotopic (exact) mass is 361 g/mol. The summed E-state index contributed by atoms with van der Waals surface area (Å²) in [5, 5.41) is 3.05. The van der Waals surface area contributed by atoms with Gasteiger partial charge in [0.05, 0.1) is 18.4 Å². The number of rotatable bonds is 3. The summed E-state index contributed by atoms with van der Waals surface area (Å²) >= 11 is 5.97. The van der Waals surface area contributed by atoms with E-state index in [1.54, 1.807) is 31.2 Å². The van der Waals surface area contributed by atoms with Gasteiger partial charge in [-0.15, -0.1) is 0 Å². The van der Waals surface area contributed by atoms with Crippen LogP contribution in [0, 0.1) is 0 Å². The largest absolute Gasteiger partial charge is 0.482 e.